The summed E-state index contributed by atoms with van der Waals surface area (Å²) in [5, 5.41) is 2.77. The van der Waals surface area contributed by atoms with E-state index in [-0.39, 0.29) is 17.9 Å². The fourth-order valence-corrected chi connectivity index (χ4v) is 2.97. The predicted octanol–water partition coefficient (Wildman–Crippen LogP) is 1.53. The fourth-order valence-electron chi connectivity index (χ4n) is 2.97. The molecule has 1 aromatic heterocycles. The highest BCUT2D eigenvalue weighted by atomic mass is 16.5. The summed E-state index contributed by atoms with van der Waals surface area (Å²) >= 11 is 0. The van der Waals surface area contributed by atoms with Crippen molar-refractivity contribution in [1.82, 2.24) is 4.98 Å². The van der Waals surface area contributed by atoms with Gasteiger partial charge in [0.25, 0.3) is 12.4 Å². The van der Waals surface area contributed by atoms with Gasteiger partial charge in [0.2, 0.25) is 0 Å². The topological polar surface area (TPSA) is 68.3 Å². The van der Waals surface area contributed by atoms with Crippen molar-refractivity contribution in [1.29, 1.82) is 0 Å². The highest BCUT2D eigenvalue weighted by Gasteiger charge is 2.44. The first-order valence-corrected chi connectivity index (χ1v) is 6.31. The number of nitrogens with zero attached hydrogens (tertiary/aromatic N) is 1. The number of amides is 1. The van der Waals surface area contributed by atoms with Gasteiger partial charge >= 0.3 is 0 Å². The molecule has 2 aliphatic carbocycles. The van der Waals surface area contributed by atoms with Gasteiger partial charge in [0.1, 0.15) is 11.9 Å². The molecule has 1 aromatic rings. The van der Waals surface area contributed by atoms with E-state index < -0.39 is 0 Å². The van der Waals surface area contributed by atoms with Crippen LogP contribution < -0.4 is 5.32 Å². The summed E-state index contributed by atoms with van der Waals surface area (Å²) < 4.78 is 5.05. The molecule has 98 valence electrons. The van der Waals surface area contributed by atoms with Crippen LogP contribution in [0.25, 0.3) is 0 Å². The Kier molecular flexibility index (Phi) is 3.03. The number of allylic oxidation sites excluding steroid dienone is 1. The van der Waals surface area contributed by atoms with E-state index in [9.17, 15) is 9.59 Å². The second-order valence-corrected chi connectivity index (χ2v) is 4.90. The normalized spacial score (nSPS) is 27.8. The lowest BCUT2D eigenvalue weighted by atomic mass is 9.95. The summed E-state index contributed by atoms with van der Waals surface area (Å²) in [6.07, 6.45) is 5.18. The van der Waals surface area contributed by atoms with E-state index in [1.807, 2.05) is 12.1 Å². The SMILES string of the molecule is O=COC1CC2C=C(C(=O)Nc3ccccn3)C1C2. The van der Waals surface area contributed by atoms with Gasteiger partial charge in [0.15, 0.2) is 0 Å². The Labute approximate surface area is 110 Å². The highest BCUT2D eigenvalue weighted by Crippen LogP contribution is 2.45. The smallest absolute Gasteiger partial charge is 0.293 e. The van der Waals surface area contributed by atoms with Crippen molar-refractivity contribution in [2.24, 2.45) is 11.8 Å². The van der Waals surface area contributed by atoms with Gasteiger partial charge in [-0.15, -0.1) is 0 Å². The van der Waals surface area contributed by atoms with Crippen LogP contribution in [0.4, 0.5) is 5.82 Å². The van der Waals surface area contributed by atoms with Gasteiger partial charge in [-0.2, -0.15) is 0 Å². The van der Waals surface area contributed by atoms with Crippen LogP contribution in [0.2, 0.25) is 0 Å². The molecule has 1 saturated carbocycles. The number of aromatic nitrogens is 1. The molecular formula is C14H14N2O3. The minimum atomic E-state index is -0.156. The molecule has 3 atom stereocenters. The quantitative estimate of drug-likeness (QED) is 0.831. The first-order valence-electron chi connectivity index (χ1n) is 6.31. The summed E-state index contributed by atoms with van der Waals surface area (Å²) in [6, 6.07) is 5.35. The van der Waals surface area contributed by atoms with E-state index >= 15 is 0 Å². The van der Waals surface area contributed by atoms with Gasteiger partial charge in [-0.3, -0.25) is 9.59 Å². The minimum Gasteiger partial charge on any atom is -0.464 e. The van der Waals surface area contributed by atoms with Crippen LogP contribution in [0, 0.1) is 11.8 Å². The summed E-state index contributed by atoms with van der Waals surface area (Å²) in [4.78, 5) is 26.7. The Hall–Kier alpha value is -2.17. The molecule has 1 heterocycles. The number of fused-ring (bicyclic) bond motifs is 2. The van der Waals surface area contributed by atoms with Crippen molar-refractivity contribution in [3.05, 3.63) is 36.0 Å². The van der Waals surface area contributed by atoms with Crippen molar-refractivity contribution < 1.29 is 14.3 Å². The fraction of sp³-hybridized carbons (Fsp3) is 0.357. The lowest BCUT2D eigenvalue weighted by Gasteiger charge is -2.21. The number of nitrogens with one attached hydrogen (secondary N) is 1. The highest BCUT2D eigenvalue weighted by molar-refractivity contribution is 6.04. The van der Waals surface area contributed by atoms with Crippen molar-refractivity contribution >= 4 is 18.2 Å². The molecule has 0 saturated heterocycles. The van der Waals surface area contributed by atoms with E-state index in [0.717, 1.165) is 12.8 Å². The van der Waals surface area contributed by atoms with Crippen LogP contribution in [0.15, 0.2) is 36.0 Å². The van der Waals surface area contributed by atoms with Gasteiger partial charge in [-0.25, -0.2) is 4.98 Å². The summed E-state index contributed by atoms with van der Waals surface area (Å²) in [5.41, 5.74) is 0.716. The van der Waals surface area contributed by atoms with Gasteiger partial charge in [0, 0.05) is 17.7 Å². The molecule has 2 bridgehead atoms. The average molecular weight is 258 g/mol. The van der Waals surface area contributed by atoms with Crippen LogP contribution in [0.3, 0.4) is 0 Å². The third-order valence-electron chi connectivity index (χ3n) is 3.75. The van der Waals surface area contributed by atoms with Crippen molar-refractivity contribution in [2.75, 3.05) is 5.32 Å². The second-order valence-electron chi connectivity index (χ2n) is 4.90. The molecule has 0 aromatic carbocycles. The summed E-state index contributed by atoms with van der Waals surface area (Å²) in [7, 11) is 0. The molecular weight excluding hydrogens is 244 g/mol. The van der Waals surface area contributed by atoms with E-state index in [0.29, 0.717) is 23.8 Å². The molecule has 5 heteroatoms. The molecule has 1 fully saturated rings. The van der Waals surface area contributed by atoms with Crippen molar-refractivity contribution in [3.8, 4) is 0 Å². The first kappa shape index (κ1) is 11.9. The Balaban J connectivity index is 1.71. The summed E-state index contributed by atoms with van der Waals surface area (Å²) in [6.45, 7) is 0.472. The number of hydrogen-bond acceptors (Lipinski definition) is 4. The van der Waals surface area contributed by atoms with Crippen molar-refractivity contribution in [2.45, 2.75) is 18.9 Å². The Morgan fingerprint density at radius 3 is 3.00 bits per heavy atom. The number of anilines is 1. The van der Waals surface area contributed by atoms with Gasteiger partial charge in [-0.05, 0) is 30.9 Å². The van der Waals surface area contributed by atoms with Gasteiger partial charge in [-0.1, -0.05) is 12.1 Å². The third-order valence-corrected chi connectivity index (χ3v) is 3.75. The lowest BCUT2D eigenvalue weighted by molar-refractivity contribution is -0.135. The molecule has 0 radical (unpaired) electrons. The van der Waals surface area contributed by atoms with Crippen LogP contribution >= 0.6 is 0 Å². The molecule has 2 aliphatic rings. The molecule has 3 rings (SSSR count). The number of pyridine rings is 1. The predicted molar refractivity (Wildman–Crippen MR) is 68.1 cm³/mol. The van der Waals surface area contributed by atoms with E-state index in [1.54, 1.807) is 18.3 Å². The Bertz CT molecular complexity index is 527. The maximum atomic E-state index is 12.2. The number of carbonyl (C=O) groups excluding carboxylic acids is 2. The monoisotopic (exact) mass is 258 g/mol. The Morgan fingerprint density at radius 1 is 1.42 bits per heavy atom. The second kappa shape index (κ2) is 4.84. The number of ether oxygens (including phenoxy) is 1. The third kappa shape index (κ3) is 2.23. The molecule has 19 heavy (non-hydrogen) atoms. The van der Waals surface area contributed by atoms with Crippen LogP contribution in [0.1, 0.15) is 12.8 Å². The number of rotatable bonds is 4. The van der Waals surface area contributed by atoms with Crippen LogP contribution in [0.5, 0.6) is 0 Å². The van der Waals surface area contributed by atoms with Crippen LogP contribution in [-0.2, 0) is 14.3 Å². The zero-order valence-corrected chi connectivity index (χ0v) is 10.3. The average Bonchev–Trinajstić information content (AvgIpc) is 3.00. The lowest BCUT2D eigenvalue weighted by Crippen LogP contribution is -2.27. The van der Waals surface area contributed by atoms with Crippen molar-refractivity contribution in [3.63, 3.8) is 0 Å². The maximum Gasteiger partial charge on any atom is 0.293 e. The molecule has 1 N–H and O–H groups in total. The molecule has 5 nitrogen and oxygen atoms in total. The zero-order valence-electron chi connectivity index (χ0n) is 10.3. The molecule has 3 unspecified atom stereocenters. The van der Waals surface area contributed by atoms with E-state index in [4.69, 9.17) is 4.74 Å². The first-order chi connectivity index (χ1) is 9.28. The molecule has 1 amide bonds. The van der Waals surface area contributed by atoms with Crippen LogP contribution in [-0.4, -0.2) is 23.5 Å². The Morgan fingerprint density at radius 2 is 2.32 bits per heavy atom. The maximum absolute atomic E-state index is 12.2. The minimum absolute atomic E-state index is 0.0268. The zero-order chi connectivity index (χ0) is 13.2. The standard InChI is InChI=1S/C14H14N2O3/c17-8-19-12-7-9-5-10(12)11(6-9)14(18)16-13-3-1-2-4-15-13/h1-4,6,8-10,12H,5,7H2,(H,15,16,18). The number of hydrogen-bond donors (Lipinski definition) is 1. The van der Waals surface area contributed by atoms with Gasteiger partial charge < -0.3 is 10.1 Å². The summed E-state index contributed by atoms with van der Waals surface area (Å²) in [5.74, 6) is 0.757. The number of carbonyl (C=O) groups is 2. The molecule has 0 spiro atoms. The molecule has 0 aliphatic heterocycles. The van der Waals surface area contributed by atoms with Gasteiger partial charge in [0.05, 0.1) is 0 Å². The van der Waals surface area contributed by atoms with E-state index in [2.05, 4.69) is 10.3 Å². The largest absolute Gasteiger partial charge is 0.464 e. The van der Waals surface area contributed by atoms with E-state index in [1.165, 1.54) is 0 Å².